The minimum Gasteiger partial charge on any atom is -0.310 e. The summed E-state index contributed by atoms with van der Waals surface area (Å²) in [4.78, 5) is 4.42. The molecule has 3 heteroatoms. The Morgan fingerprint density at radius 2 is 2.20 bits per heavy atom. The summed E-state index contributed by atoms with van der Waals surface area (Å²) in [5.41, 5.74) is 2.18. The smallest absolute Gasteiger partial charge is 0.0764 e. The van der Waals surface area contributed by atoms with E-state index in [-0.39, 0.29) is 0 Å². The maximum Gasteiger partial charge on any atom is 0.0764 e. The van der Waals surface area contributed by atoms with Gasteiger partial charge >= 0.3 is 0 Å². The van der Waals surface area contributed by atoms with Crippen LogP contribution in [-0.4, -0.2) is 11.5 Å². The summed E-state index contributed by atoms with van der Waals surface area (Å²) in [6, 6.07) is 8.39. The van der Waals surface area contributed by atoms with E-state index in [0.717, 1.165) is 34.5 Å². The molecule has 1 N–H and O–H groups in total. The predicted octanol–water partition coefficient (Wildman–Crippen LogP) is 2.92. The number of pyridine rings is 1. The highest BCUT2D eigenvalue weighted by Gasteiger charge is 2.23. The van der Waals surface area contributed by atoms with Gasteiger partial charge in [-0.2, -0.15) is 0 Å². The van der Waals surface area contributed by atoms with E-state index in [2.05, 4.69) is 16.4 Å². The summed E-state index contributed by atoms with van der Waals surface area (Å²) < 4.78 is 0. The molecule has 1 atom stereocenters. The third kappa shape index (κ3) is 1.41. The average molecular weight is 219 g/mol. The van der Waals surface area contributed by atoms with Crippen LogP contribution in [0.25, 0.3) is 10.9 Å². The maximum absolute atomic E-state index is 6.23. The molecular weight excluding hydrogens is 208 g/mol. The van der Waals surface area contributed by atoms with Crippen molar-refractivity contribution in [3.63, 3.8) is 0 Å². The number of benzene rings is 1. The van der Waals surface area contributed by atoms with Crippen molar-refractivity contribution in [2.75, 3.05) is 6.54 Å². The molecule has 1 fully saturated rings. The van der Waals surface area contributed by atoms with Crippen LogP contribution in [0.2, 0.25) is 5.02 Å². The first-order chi connectivity index (χ1) is 7.36. The van der Waals surface area contributed by atoms with Crippen LogP contribution in [0.1, 0.15) is 18.0 Å². The number of rotatable bonds is 1. The lowest BCUT2D eigenvalue weighted by Crippen LogP contribution is -2.35. The van der Waals surface area contributed by atoms with Gasteiger partial charge in [0.05, 0.1) is 5.52 Å². The van der Waals surface area contributed by atoms with Gasteiger partial charge in [-0.1, -0.05) is 23.7 Å². The van der Waals surface area contributed by atoms with Crippen molar-refractivity contribution in [3.8, 4) is 0 Å². The molecule has 1 unspecified atom stereocenters. The molecular formula is C12H11ClN2. The lowest BCUT2D eigenvalue weighted by Gasteiger charge is -2.29. The van der Waals surface area contributed by atoms with Crippen LogP contribution < -0.4 is 5.32 Å². The zero-order valence-corrected chi connectivity index (χ0v) is 8.96. The summed E-state index contributed by atoms with van der Waals surface area (Å²) in [6.07, 6.45) is 2.97. The largest absolute Gasteiger partial charge is 0.310 e. The Bertz CT molecular complexity index is 506. The molecule has 15 heavy (non-hydrogen) atoms. The zero-order chi connectivity index (χ0) is 10.3. The van der Waals surface area contributed by atoms with E-state index >= 15 is 0 Å². The summed E-state index contributed by atoms with van der Waals surface area (Å²) in [6.45, 7) is 1.07. The first-order valence-corrected chi connectivity index (χ1v) is 5.50. The SMILES string of the molecule is Clc1ccc2cccnc2c1C1CCN1. The topological polar surface area (TPSA) is 24.9 Å². The molecule has 0 spiro atoms. The number of halogens is 1. The molecule has 2 aromatic rings. The van der Waals surface area contributed by atoms with Crippen LogP contribution in [0.15, 0.2) is 30.5 Å². The Kier molecular flexibility index (Phi) is 2.11. The molecule has 1 aromatic heterocycles. The molecule has 1 saturated heterocycles. The monoisotopic (exact) mass is 218 g/mol. The Morgan fingerprint density at radius 1 is 1.33 bits per heavy atom. The highest BCUT2D eigenvalue weighted by molar-refractivity contribution is 6.32. The number of hydrogen-bond donors (Lipinski definition) is 1. The Labute approximate surface area is 93.3 Å². The van der Waals surface area contributed by atoms with E-state index in [0.29, 0.717) is 6.04 Å². The summed E-state index contributed by atoms with van der Waals surface area (Å²) in [5, 5.41) is 5.35. The van der Waals surface area contributed by atoms with Gasteiger partial charge in [-0.05, 0) is 25.1 Å². The predicted molar refractivity (Wildman–Crippen MR) is 62.1 cm³/mol. The van der Waals surface area contributed by atoms with Crippen molar-refractivity contribution >= 4 is 22.5 Å². The zero-order valence-electron chi connectivity index (χ0n) is 8.20. The van der Waals surface area contributed by atoms with Crippen molar-refractivity contribution in [1.82, 2.24) is 10.3 Å². The second-order valence-corrected chi connectivity index (χ2v) is 4.24. The van der Waals surface area contributed by atoms with Gasteiger partial charge in [0, 0.05) is 28.2 Å². The van der Waals surface area contributed by atoms with Gasteiger partial charge in [-0.25, -0.2) is 0 Å². The minimum atomic E-state index is 0.385. The molecule has 0 radical (unpaired) electrons. The third-order valence-corrected chi connectivity index (χ3v) is 3.26. The highest BCUT2D eigenvalue weighted by atomic mass is 35.5. The molecule has 0 amide bonds. The molecule has 0 aliphatic carbocycles. The quantitative estimate of drug-likeness (QED) is 0.796. The van der Waals surface area contributed by atoms with Crippen LogP contribution in [0, 0.1) is 0 Å². The number of nitrogens with zero attached hydrogens (tertiary/aromatic N) is 1. The Balaban J connectivity index is 2.27. The van der Waals surface area contributed by atoms with E-state index in [9.17, 15) is 0 Å². The van der Waals surface area contributed by atoms with E-state index in [1.165, 1.54) is 0 Å². The standard InChI is InChI=1S/C12H11ClN2/c13-9-4-3-8-2-1-6-15-12(8)11(9)10-5-7-14-10/h1-4,6,10,14H,5,7H2. The molecule has 76 valence electrons. The molecule has 3 rings (SSSR count). The van der Waals surface area contributed by atoms with E-state index in [1.807, 2.05) is 24.4 Å². The third-order valence-electron chi connectivity index (χ3n) is 2.93. The normalized spacial score (nSPS) is 20.2. The lowest BCUT2D eigenvalue weighted by molar-refractivity contribution is 0.385. The lowest BCUT2D eigenvalue weighted by atomic mass is 9.95. The van der Waals surface area contributed by atoms with Gasteiger partial charge in [0.2, 0.25) is 0 Å². The minimum absolute atomic E-state index is 0.385. The summed E-state index contributed by atoms with van der Waals surface area (Å²) in [7, 11) is 0. The fourth-order valence-corrected chi connectivity index (χ4v) is 2.29. The van der Waals surface area contributed by atoms with Crippen molar-refractivity contribution < 1.29 is 0 Å². The van der Waals surface area contributed by atoms with Gasteiger partial charge in [-0.15, -0.1) is 0 Å². The molecule has 1 aliphatic rings. The molecule has 0 bridgehead atoms. The van der Waals surface area contributed by atoms with Crippen LogP contribution in [0.4, 0.5) is 0 Å². The second-order valence-electron chi connectivity index (χ2n) is 3.83. The number of hydrogen-bond acceptors (Lipinski definition) is 2. The number of fused-ring (bicyclic) bond motifs is 1. The second kappa shape index (κ2) is 3.47. The Hall–Kier alpha value is -1.12. The first-order valence-electron chi connectivity index (χ1n) is 5.13. The molecule has 2 heterocycles. The number of nitrogens with one attached hydrogen (secondary N) is 1. The maximum atomic E-state index is 6.23. The van der Waals surface area contributed by atoms with Crippen LogP contribution in [0.3, 0.4) is 0 Å². The molecule has 0 saturated carbocycles. The van der Waals surface area contributed by atoms with Crippen molar-refractivity contribution in [2.24, 2.45) is 0 Å². The van der Waals surface area contributed by atoms with E-state index in [1.54, 1.807) is 0 Å². The van der Waals surface area contributed by atoms with Crippen molar-refractivity contribution in [3.05, 3.63) is 41.0 Å². The van der Waals surface area contributed by atoms with Gasteiger partial charge in [0.15, 0.2) is 0 Å². The first kappa shape index (κ1) is 9.13. The van der Waals surface area contributed by atoms with E-state index in [4.69, 9.17) is 11.6 Å². The summed E-state index contributed by atoms with van der Waals surface area (Å²) >= 11 is 6.23. The van der Waals surface area contributed by atoms with Crippen molar-refractivity contribution in [1.29, 1.82) is 0 Å². The fraction of sp³-hybridized carbons (Fsp3) is 0.250. The molecule has 1 aliphatic heterocycles. The van der Waals surface area contributed by atoms with E-state index < -0.39 is 0 Å². The fourth-order valence-electron chi connectivity index (χ4n) is 2.01. The van der Waals surface area contributed by atoms with Gasteiger partial charge in [-0.3, -0.25) is 4.98 Å². The van der Waals surface area contributed by atoms with Crippen LogP contribution in [-0.2, 0) is 0 Å². The van der Waals surface area contributed by atoms with Gasteiger partial charge in [0.25, 0.3) is 0 Å². The van der Waals surface area contributed by atoms with Gasteiger partial charge < -0.3 is 5.32 Å². The number of aromatic nitrogens is 1. The van der Waals surface area contributed by atoms with Gasteiger partial charge in [0.1, 0.15) is 0 Å². The average Bonchev–Trinajstić information content (AvgIpc) is 2.20. The summed E-state index contributed by atoms with van der Waals surface area (Å²) in [5.74, 6) is 0. The Morgan fingerprint density at radius 3 is 2.93 bits per heavy atom. The molecule has 1 aromatic carbocycles. The van der Waals surface area contributed by atoms with Crippen molar-refractivity contribution in [2.45, 2.75) is 12.5 Å². The van der Waals surface area contributed by atoms with Crippen LogP contribution >= 0.6 is 11.6 Å². The van der Waals surface area contributed by atoms with Crippen LogP contribution in [0.5, 0.6) is 0 Å². The highest BCUT2D eigenvalue weighted by Crippen LogP contribution is 2.34. The molecule has 2 nitrogen and oxygen atoms in total.